The minimum Gasteiger partial charge on any atom is -0.369 e. The number of anilines is 1. The van der Waals surface area contributed by atoms with E-state index < -0.39 is 0 Å². The van der Waals surface area contributed by atoms with Gasteiger partial charge in [0.15, 0.2) is 0 Å². The first-order valence-electron chi connectivity index (χ1n) is 7.49. The van der Waals surface area contributed by atoms with E-state index in [-0.39, 0.29) is 0 Å². The Labute approximate surface area is 117 Å². The molecule has 3 heteroatoms. The lowest BCUT2D eigenvalue weighted by molar-refractivity contribution is 0.258. The summed E-state index contributed by atoms with van der Waals surface area (Å²) < 4.78 is 0. The van der Waals surface area contributed by atoms with Crippen LogP contribution in [0, 0.1) is 0 Å². The van der Waals surface area contributed by atoms with E-state index in [1.54, 1.807) is 0 Å². The molecule has 1 aromatic carbocycles. The molecule has 0 aromatic heterocycles. The van der Waals surface area contributed by atoms with Gasteiger partial charge in [-0.05, 0) is 38.6 Å². The van der Waals surface area contributed by atoms with Crippen molar-refractivity contribution in [3.8, 4) is 0 Å². The molecule has 1 saturated heterocycles. The zero-order valence-corrected chi connectivity index (χ0v) is 12.5. The monoisotopic (exact) mass is 261 g/mol. The van der Waals surface area contributed by atoms with Crippen molar-refractivity contribution in [2.45, 2.75) is 26.3 Å². The van der Waals surface area contributed by atoms with Gasteiger partial charge >= 0.3 is 0 Å². The zero-order chi connectivity index (χ0) is 13.7. The minimum absolute atomic E-state index is 0.407. The molecule has 1 unspecified atom stereocenters. The van der Waals surface area contributed by atoms with E-state index in [9.17, 15) is 0 Å². The van der Waals surface area contributed by atoms with Gasteiger partial charge in [0, 0.05) is 37.9 Å². The third-order valence-corrected chi connectivity index (χ3v) is 4.09. The van der Waals surface area contributed by atoms with Gasteiger partial charge in [0.05, 0.1) is 0 Å². The van der Waals surface area contributed by atoms with Gasteiger partial charge in [-0.3, -0.25) is 4.90 Å². The number of benzene rings is 1. The molecule has 19 heavy (non-hydrogen) atoms. The second-order valence-corrected chi connectivity index (χ2v) is 5.40. The molecule has 1 fully saturated rings. The van der Waals surface area contributed by atoms with Crippen molar-refractivity contribution in [1.82, 2.24) is 10.2 Å². The first-order chi connectivity index (χ1) is 9.26. The van der Waals surface area contributed by atoms with E-state index in [0.29, 0.717) is 6.04 Å². The first-order valence-corrected chi connectivity index (χ1v) is 7.49. The molecule has 1 aliphatic rings. The number of piperazine rings is 1. The lowest BCUT2D eigenvalue weighted by atomic mass is 10.0. The standard InChI is InChI=1S/C16H27N3/c1-4-9-18-10-12-19(13-11-18)16-8-6-5-7-15(16)14(2)17-3/h5-8,14,17H,4,9-13H2,1-3H3. The van der Waals surface area contributed by atoms with Crippen LogP contribution in [-0.2, 0) is 0 Å². The van der Waals surface area contributed by atoms with E-state index in [2.05, 4.69) is 53.2 Å². The van der Waals surface area contributed by atoms with Crippen molar-refractivity contribution in [2.24, 2.45) is 0 Å². The third-order valence-electron chi connectivity index (χ3n) is 4.09. The zero-order valence-electron chi connectivity index (χ0n) is 12.5. The van der Waals surface area contributed by atoms with Gasteiger partial charge in [0.1, 0.15) is 0 Å². The highest BCUT2D eigenvalue weighted by Crippen LogP contribution is 2.26. The average Bonchev–Trinajstić information content (AvgIpc) is 2.47. The van der Waals surface area contributed by atoms with Crippen LogP contribution in [0.5, 0.6) is 0 Å². The molecule has 1 atom stereocenters. The summed E-state index contributed by atoms with van der Waals surface area (Å²) in [5, 5.41) is 3.35. The smallest absolute Gasteiger partial charge is 0.0415 e. The van der Waals surface area contributed by atoms with Crippen LogP contribution in [0.4, 0.5) is 5.69 Å². The van der Waals surface area contributed by atoms with Gasteiger partial charge in [-0.25, -0.2) is 0 Å². The topological polar surface area (TPSA) is 18.5 Å². The maximum absolute atomic E-state index is 3.35. The van der Waals surface area contributed by atoms with Crippen LogP contribution < -0.4 is 10.2 Å². The molecule has 1 heterocycles. The average molecular weight is 261 g/mol. The van der Waals surface area contributed by atoms with E-state index in [0.717, 1.165) is 13.1 Å². The fraction of sp³-hybridized carbons (Fsp3) is 0.625. The highest BCUT2D eigenvalue weighted by molar-refractivity contribution is 5.55. The normalized spacial score (nSPS) is 18.6. The lowest BCUT2D eigenvalue weighted by Crippen LogP contribution is -2.47. The molecule has 0 bridgehead atoms. The molecule has 0 radical (unpaired) electrons. The summed E-state index contributed by atoms with van der Waals surface area (Å²) in [5.41, 5.74) is 2.81. The first kappa shape index (κ1) is 14.4. The third kappa shape index (κ3) is 3.48. The number of para-hydroxylation sites is 1. The van der Waals surface area contributed by atoms with Gasteiger partial charge in [-0.15, -0.1) is 0 Å². The van der Waals surface area contributed by atoms with E-state index in [1.807, 2.05) is 7.05 Å². The maximum atomic E-state index is 3.35. The second kappa shape index (κ2) is 6.92. The Morgan fingerprint density at radius 3 is 2.47 bits per heavy atom. The predicted octanol–water partition coefficient (Wildman–Crippen LogP) is 2.50. The summed E-state index contributed by atoms with van der Waals surface area (Å²) in [5.74, 6) is 0. The summed E-state index contributed by atoms with van der Waals surface area (Å²) in [6.45, 7) is 10.4. The molecule has 0 spiro atoms. The van der Waals surface area contributed by atoms with Crippen molar-refractivity contribution < 1.29 is 0 Å². The number of nitrogens with zero attached hydrogens (tertiary/aromatic N) is 2. The highest BCUT2D eigenvalue weighted by Gasteiger charge is 2.19. The Kier molecular flexibility index (Phi) is 5.23. The van der Waals surface area contributed by atoms with E-state index in [1.165, 1.54) is 37.3 Å². The van der Waals surface area contributed by atoms with Gasteiger partial charge < -0.3 is 10.2 Å². The number of hydrogen-bond acceptors (Lipinski definition) is 3. The van der Waals surface area contributed by atoms with Crippen molar-refractivity contribution >= 4 is 5.69 Å². The summed E-state index contributed by atoms with van der Waals surface area (Å²) in [6.07, 6.45) is 1.26. The Bertz CT molecular complexity index is 383. The van der Waals surface area contributed by atoms with Crippen molar-refractivity contribution in [2.75, 3.05) is 44.7 Å². The Hall–Kier alpha value is -1.06. The summed E-state index contributed by atoms with van der Waals surface area (Å²) in [6, 6.07) is 9.21. The van der Waals surface area contributed by atoms with Gasteiger partial charge in [0.2, 0.25) is 0 Å². The summed E-state index contributed by atoms with van der Waals surface area (Å²) in [4.78, 5) is 5.11. The fourth-order valence-corrected chi connectivity index (χ4v) is 2.83. The van der Waals surface area contributed by atoms with Crippen LogP contribution in [0.1, 0.15) is 31.9 Å². The van der Waals surface area contributed by atoms with Gasteiger partial charge in [0.25, 0.3) is 0 Å². The Balaban J connectivity index is 2.07. The molecular weight excluding hydrogens is 234 g/mol. The van der Waals surface area contributed by atoms with E-state index >= 15 is 0 Å². The van der Waals surface area contributed by atoms with Crippen molar-refractivity contribution in [3.63, 3.8) is 0 Å². The fourth-order valence-electron chi connectivity index (χ4n) is 2.83. The molecule has 1 N–H and O–H groups in total. The number of nitrogens with one attached hydrogen (secondary N) is 1. The molecule has 2 rings (SSSR count). The van der Waals surface area contributed by atoms with Crippen LogP contribution >= 0.6 is 0 Å². The van der Waals surface area contributed by atoms with Crippen LogP contribution in [0.3, 0.4) is 0 Å². The molecule has 3 nitrogen and oxygen atoms in total. The second-order valence-electron chi connectivity index (χ2n) is 5.40. The lowest BCUT2D eigenvalue weighted by Gasteiger charge is -2.37. The molecule has 0 aliphatic carbocycles. The van der Waals surface area contributed by atoms with Crippen LogP contribution in [0.15, 0.2) is 24.3 Å². The molecule has 106 valence electrons. The largest absolute Gasteiger partial charge is 0.369 e. The summed E-state index contributed by atoms with van der Waals surface area (Å²) in [7, 11) is 2.03. The predicted molar refractivity (Wildman–Crippen MR) is 82.9 cm³/mol. The number of hydrogen-bond donors (Lipinski definition) is 1. The van der Waals surface area contributed by atoms with Crippen molar-refractivity contribution in [3.05, 3.63) is 29.8 Å². The van der Waals surface area contributed by atoms with Crippen LogP contribution in [0.2, 0.25) is 0 Å². The molecule has 0 amide bonds. The van der Waals surface area contributed by atoms with Crippen LogP contribution in [-0.4, -0.2) is 44.7 Å². The van der Waals surface area contributed by atoms with Crippen LogP contribution in [0.25, 0.3) is 0 Å². The number of rotatable bonds is 5. The van der Waals surface area contributed by atoms with Gasteiger partial charge in [-0.1, -0.05) is 25.1 Å². The van der Waals surface area contributed by atoms with Gasteiger partial charge in [-0.2, -0.15) is 0 Å². The molecule has 1 aromatic rings. The Morgan fingerprint density at radius 1 is 1.16 bits per heavy atom. The van der Waals surface area contributed by atoms with E-state index in [4.69, 9.17) is 0 Å². The highest BCUT2D eigenvalue weighted by atomic mass is 15.3. The molecule has 0 saturated carbocycles. The minimum atomic E-state index is 0.407. The van der Waals surface area contributed by atoms with Crippen molar-refractivity contribution in [1.29, 1.82) is 0 Å². The Morgan fingerprint density at radius 2 is 1.84 bits per heavy atom. The molecule has 1 aliphatic heterocycles. The molecular formula is C16H27N3. The quantitative estimate of drug-likeness (QED) is 0.878. The summed E-state index contributed by atoms with van der Waals surface area (Å²) >= 11 is 0. The maximum Gasteiger partial charge on any atom is 0.0415 e. The SMILES string of the molecule is CCCN1CCN(c2ccccc2C(C)NC)CC1.